The Hall–Kier alpha value is -2.28. The highest BCUT2D eigenvalue weighted by Gasteiger charge is 2.20. The van der Waals surface area contributed by atoms with Gasteiger partial charge in [0.25, 0.3) is 0 Å². The smallest absolute Gasteiger partial charge is 0.225 e. The molecule has 132 valence electrons. The molecule has 4 heterocycles. The van der Waals surface area contributed by atoms with E-state index in [-0.39, 0.29) is 0 Å². The second kappa shape index (κ2) is 7.74. The van der Waals surface area contributed by atoms with Crippen LogP contribution in [0.3, 0.4) is 0 Å². The first-order valence-corrected chi connectivity index (χ1v) is 9.20. The van der Waals surface area contributed by atoms with Gasteiger partial charge in [0.05, 0.1) is 0 Å². The maximum Gasteiger partial charge on any atom is 0.225 e. The molecule has 0 bridgehead atoms. The summed E-state index contributed by atoms with van der Waals surface area (Å²) in [5.74, 6) is 1.71. The predicted octanol–water partition coefficient (Wildman–Crippen LogP) is 1.63. The Kier molecular flexibility index (Phi) is 5.01. The van der Waals surface area contributed by atoms with E-state index in [2.05, 4.69) is 35.1 Å². The molecule has 2 fully saturated rings. The predicted molar refractivity (Wildman–Crippen MR) is 97.6 cm³/mol. The zero-order valence-corrected chi connectivity index (χ0v) is 14.5. The lowest BCUT2D eigenvalue weighted by Crippen LogP contribution is -2.42. The van der Waals surface area contributed by atoms with Gasteiger partial charge in [0.2, 0.25) is 11.9 Å². The first kappa shape index (κ1) is 16.2. The van der Waals surface area contributed by atoms with Gasteiger partial charge in [0.15, 0.2) is 0 Å². The molecule has 0 spiro atoms. The molecule has 4 rings (SSSR count). The van der Waals surface area contributed by atoms with Crippen LogP contribution in [0.4, 0.5) is 11.9 Å². The lowest BCUT2D eigenvalue weighted by molar-refractivity contribution is 0.411. The first-order chi connectivity index (χ1) is 12.4. The molecule has 2 aromatic rings. The van der Waals surface area contributed by atoms with Crippen LogP contribution >= 0.6 is 0 Å². The van der Waals surface area contributed by atoms with Crippen LogP contribution in [0.25, 0.3) is 0 Å². The van der Waals surface area contributed by atoms with Crippen LogP contribution in [-0.4, -0.2) is 52.2 Å². The SMILES string of the molecule is c1cnc(N2CCC(NCc3cnc(N4CCCC4)nc3)CC2)nc1. The summed E-state index contributed by atoms with van der Waals surface area (Å²) < 4.78 is 0. The van der Waals surface area contributed by atoms with Crippen LogP contribution in [0.5, 0.6) is 0 Å². The highest BCUT2D eigenvalue weighted by atomic mass is 15.3. The van der Waals surface area contributed by atoms with E-state index in [0.717, 1.165) is 63.0 Å². The fourth-order valence-corrected chi connectivity index (χ4v) is 3.52. The van der Waals surface area contributed by atoms with Gasteiger partial charge in [-0.25, -0.2) is 19.9 Å². The average Bonchev–Trinajstić information content (AvgIpc) is 3.23. The summed E-state index contributed by atoms with van der Waals surface area (Å²) in [4.78, 5) is 22.2. The molecule has 0 amide bonds. The quantitative estimate of drug-likeness (QED) is 0.888. The minimum atomic E-state index is 0.526. The third-order valence-electron chi connectivity index (χ3n) is 5.01. The van der Waals surface area contributed by atoms with Gasteiger partial charge in [-0.05, 0) is 31.7 Å². The Morgan fingerprint density at radius 3 is 2.12 bits per heavy atom. The van der Waals surface area contributed by atoms with Gasteiger partial charge in [-0.15, -0.1) is 0 Å². The van der Waals surface area contributed by atoms with Crippen LogP contribution in [-0.2, 0) is 6.54 Å². The van der Waals surface area contributed by atoms with Crippen molar-refractivity contribution in [3.63, 3.8) is 0 Å². The second-order valence-electron chi connectivity index (χ2n) is 6.78. The summed E-state index contributed by atoms with van der Waals surface area (Å²) in [7, 11) is 0. The molecule has 1 N–H and O–H groups in total. The van der Waals surface area contributed by atoms with E-state index in [1.54, 1.807) is 12.4 Å². The maximum absolute atomic E-state index is 4.53. The Bertz CT molecular complexity index is 647. The van der Waals surface area contributed by atoms with Gasteiger partial charge in [-0.2, -0.15) is 0 Å². The van der Waals surface area contributed by atoms with Crippen molar-refractivity contribution < 1.29 is 0 Å². The van der Waals surface area contributed by atoms with Crippen LogP contribution in [0.2, 0.25) is 0 Å². The van der Waals surface area contributed by atoms with Crippen molar-refractivity contribution in [1.82, 2.24) is 25.3 Å². The van der Waals surface area contributed by atoms with E-state index in [1.807, 2.05) is 18.5 Å². The van der Waals surface area contributed by atoms with Crippen molar-refractivity contribution in [2.45, 2.75) is 38.3 Å². The largest absolute Gasteiger partial charge is 0.341 e. The van der Waals surface area contributed by atoms with E-state index in [1.165, 1.54) is 12.8 Å². The van der Waals surface area contributed by atoms with Crippen molar-refractivity contribution in [2.75, 3.05) is 36.0 Å². The Morgan fingerprint density at radius 2 is 1.44 bits per heavy atom. The van der Waals surface area contributed by atoms with Gasteiger partial charge in [-0.1, -0.05) is 0 Å². The monoisotopic (exact) mass is 339 g/mol. The van der Waals surface area contributed by atoms with E-state index < -0.39 is 0 Å². The van der Waals surface area contributed by atoms with E-state index in [9.17, 15) is 0 Å². The number of hydrogen-bond donors (Lipinski definition) is 1. The van der Waals surface area contributed by atoms with Crippen LogP contribution in [0.15, 0.2) is 30.9 Å². The fraction of sp³-hybridized carbons (Fsp3) is 0.556. The minimum absolute atomic E-state index is 0.526. The lowest BCUT2D eigenvalue weighted by Gasteiger charge is -2.32. The summed E-state index contributed by atoms with van der Waals surface area (Å²) in [6.07, 6.45) is 12.2. The lowest BCUT2D eigenvalue weighted by atomic mass is 10.1. The summed E-state index contributed by atoms with van der Waals surface area (Å²) >= 11 is 0. The van der Waals surface area contributed by atoms with Gasteiger partial charge in [0, 0.05) is 69.1 Å². The van der Waals surface area contributed by atoms with Crippen molar-refractivity contribution in [2.24, 2.45) is 0 Å². The topological polar surface area (TPSA) is 70.1 Å². The van der Waals surface area contributed by atoms with Crippen molar-refractivity contribution in [3.8, 4) is 0 Å². The zero-order chi connectivity index (χ0) is 16.9. The minimum Gasteiger partial charge on any atom is -0.341 e. The molecule has 2 saturated heterocycles. The molecule has 0 unspecified atom stereocenters. The van der Waals surface area contributed by atoms with Crippen molar-refractivity contribution in [1.29, 1.82) is 0 Å². The zero-order valence-electron chi connectivity index (χ0n) is 14.5. The summed E-state index contributed by atoms with van der Waals surface area (Å²) in [5, 5.41) is 3.64. The number of rotatable bonds is 5. The summed E-state index contributed by atoms with van der Waals surface area (Å²) in [6.45, 7) is 4.98. The molecule has 0 aliphatic carbocycles. The molecule has 0 radical (unpaired) electrons. The first-order valence-electron chi connectivity index (χ1n) is 9.20. The van der Waals surface area contributed by atoms with Gasteiger partial charge >= 0.3 is 0 Å². The standard InChI is InChI=1S/C18H25N7/c1-2-9-24(8-1)18-22-13-15(14-23-18)12-21-16-4-10-25(11-5-16)17-19-6-3-7-20-17/h3,6-7,13-14,16,21H,1-2,4-5,8-12H2. The Balaban J connectivity index is 1.24. The van der Waals surface area contributed by atoms with E-state index >= 15 is 0 Å². The highest BCUT2D eigenvalue weighted by Crippen LogP contribution is 2.17. The Morgan fingerprint density at radius 1 is 0.840 bits per heavy atom. The fourth-order valence-electron chi connectivity index (χ4n) is 3.52. The molecule has 25 heavy (non-hydrogen) atoms. The number of nitrogens with one attached hydrogen (secondary N) is 1. The van der Waals surface area contributed by atoms with Gasteiger partial charge in [-0.3, -0.25) is 0 Å². The van der Waals surface area contributed by atoms with Crippen LogP contribution in [0.1, 0.15) is 31.2 Å². The average molecular weight is 339 g/mol. The summed E-state index contributed by atoms with van der Waals surface area (Å²) in [5.41, 5.74) is 1.15. The molecule has 0 saturated carbocycles. The highest BCUT2D eigenvalue weighted by molar-refractivity contribution is 5.31. The van der Waals surface area contributed by atoms with Gasteiger partial charge < -0.3 is 15.1 Å². The third-order valence-corrected chi connectivity index (χ3v) is 5.01. The Labute approximate surface area is 148 Å². The molecule has 7 nitrogen and oxygen atoms in total. The van der Waals surface area contributed by atoms with E-state index in [4.69, 9.17) is 0 Å². The van der Waals surface area contributed by atoms with Crippen LogP contribution in [0, 0.1) is 0 Å². The van der Waals surface area contributed by atoms with Crippen molar-refractivity contribution >= 4 is 11.9 Å². The molecule has 2 aliphatic heterocycles. The molecular formula is C18H25N7. The normalized spacial score (nSPS) is 18.7. The third kappa shape index (κ3) is 4.04. The number of nitrogens with zero attached hydrogens (tertiary/aromatic N) is 6. The molecular weight excluding hydrogens is 314 g/mol. The second-order valence-corrected chi connectivity index (χ2v) is 6.78. The number of anilines is 2. The van der Waals surface area contributed by atoms with E-state index in [0.29, 0.717) is 6.04 Å². The molecule has 7 heteroatoms. The van der Waals surface area contributed by atoms with Crippen LogP contribution < -0.4 is 15.1 Å². The molecule has 2 aliphatic rings. The number of piperidine rings is 1. The molecule has 0 aromatic carbocycles. The number of aromatic nitrogens is 4. The summed E-state index contributed by atoms with van der Waals surface area (Å²) in [6, 6.07) is 2.38. The molecule has 0 atom stereocenters. The van der Waals surface area contributed by atoms with Crippen molar-refractivity contribution in [3.05, 3.63) is 36.4 Å². The number of hydrogen-bond acceptors (Lipinski definition) is 7. The molecule has 2 aromatic heterocycles. The van der Waals surface area contributed by atoms with Gasteiger partial charge in [0.1, 0.15) is 0 Å². The maximum atomic E-state index is 4.53.